The van der Waals surface area contributed by atoms with Gasteiger partial charge in [0.15, 0.2) is 0 Å². The van der Waals surface area contributed by atoms with Crippen molar-refractivity contribution < 1.29 is 8.78 Å². The van der Waals surface area contributed by atoms with Gasteiger partial charge in [-0.3, -0.25) is 0 Å². The topological polar surface area (TPSA) is 12.0 Å². The maximum atomic E-state index is 12.2. The van der Waals surface area contributed by atoms with Gasteiger partial charge in [0.05, 0.1) is 0 Å². The molecule has 1 aromatic carbocycles. The highest BCUT2D eigenvalue weighted by atomic mass is 32.2. The second kappa shape index (κ2) is 5.95. The number of anilines is 1. The molecule has 1 N–H and O–H groups in total. The lowest BCUT2D eigenvalue weighted by Crippen LogP contribution is -2.08. The zero-order valence-corrected chi connectivity index (χ0v) is 9.65. The molecule has 0 aromatic heterocycles. The largest absolute Gasteiger partial charge is 0.384 e. The molecule has 84 valence electrons. The summed E-state index contributed by atoms with van der Waals surface area (Å²) in [5.74, 6) is -1.87. The van der Waals surface area contributed by atoms with Gasteiger partial charge in [-0.15, -0.1) is 0 Å². The molecule has 1 aromatic rings. The van der Waals surface area contributed by atoms with E-state index in [1.54, 1.807) is 12.1 Å². The normalized spacial score (nSPS) is 11.1. The van der Waals surface area contributed by atoms with Crippen LogP contribution in [0.4, 0.5) is 14.5 Å². The predicted octanol–water partition coefficient (Wildman–Crippen LogP) is 4.07. The Labute approximate surface area is 93.3 Å². The number of hydrogen-bond donors (Lipinski definition) is 1. The summed E-state index contributed by atoms with van der Waals surface area (Å²) in [5.41, 5.74) is 0.788. The van der Waals surface area contributed by atoms with Crippen molar-refractivity contribution in [3.05, 3.63) is 24.3 Å². The van der Waals surface area contributed by atoms with Crippen molar-refractivity contribution in [1.82, 2.24) is 0 Å². The van der Waals surface area contributed by atoms with E-state index in [0.29, 0.717) is 22.6 Å². The van der Waals surface area contributed by atoms with E-state index in [2.05, 4.69) is 19.2 Å². The Morgan fingerprint density at radius 2 is 1.93 bits per heavy atom. The first-order valence-corrected chi connectivity index (χ1v) is 5.75. The maximum absolute atomic E-state index is 12.2. The van der Waals surface area contributed by atoms with Gasteiger partial charge in [0.1, 0.15) is 0 Å². The summed E-state index contributed by atoms with van der Waals surface area (Å²) in [5, 5.41) is 3.16. The highest BCUT2D eigenvalue weighted by Gasteiger charge is 2.09. The summed E-state index contributed by atoms with van der Waals surface area (Å²) < 4.78 is 24.5. The molecule has 0 fully saturated rings. The smallest absolute Gasteiger partial charge is 0.288 e. The Balaban J connectivity index is 2.68. The average molecular weight is 231 g/mol. The van der Waals surface area contributed by atoms with Crippen LogP contribution in [0.25, 0.3) is 0 Å². The summed E-state index contributed by atoms with van der Waals surface area (Å²) in [6, 6.07) is 7.15. The average Bonchev–Trinajstić information content (AvgIpc) is 2.15. The van der Waals surface area contributed by atoms with Crippen molar-refractivity contribution in [2.24, 2.45) is 5.92 Å². The van der Waals surface area contributed by atoms with Crippen molar-refractivity contribution in [3.8, 4) is 0 Å². The van der Waals surface area contributed by atoms with Crippen LogP contribution in [0.1, 0.15) is 13.8 Å². The molecule has 0 saturated heterocycles. The monoisotopic (exact) mass is 231 g/mol. The number of para-hydroxylation sites is 1. The highest BCUT2D eigenvalue weighted by Crippen LogP contribution is 2.31. The lowest BCUT2D eigenvalue weighted by atomic mass is 10.2. The third kappa shape index (κ3) is 4.51. The fourth-order valence-electron chi connectivity index (χ4n) is 1.13. The minimum absolute atomic E-state index is 0.495. The van der Waals surface area contributed by atoms with E-state index < -0.39 is 5.76 Å². The Hall–Kier alpha value is -0.770. The van der Waals surface area contributed by atoms with Gasteiger partial charge in [-0.05, 0) is 18.1 Å². The Kier molecular flexibility index (Phi) is 4.88. The second-order valence-corrected chi connectivity index (χ2v) is 4.68. The highest BCUT2D eigenvalue weighted by molar-refractivity contribution is 7.99. The van der Waals surface area contributed by atoms with Crippen LogP contribution in [0.5, 0.6) is 0 Å². The van der Waals surface area contributed by atoms with Gasteiger partial charge >= 0.3 is 0 Å². The van der Waals surface area contributed by atoms with Crippen LogP contribution < -0.4 is 5.32 Å². The number of nitrogens with one attached hydrogen (secondary N) is 1. The molecule has 0 saturated carbocycles. The van der Waals surface area contributed by atoms with Crippen molar-refractivity contribution in [2.75, 3.05) is 11.9 Å². The van der Waals surface area contributed by atoms with Crippen LogP contribution in [0.15, 0.2) is 29.2 Å². The van der Waals surface area contributed by atoms with Crippen LogP contribution in [0.2, 0.25) is 0 Å². The number of halogens is 2. The number of thioether (sulfide) groups is 1. The molecule has 0 bridgehead atoms. The molecule has 1 nitrogen and oxygen atoms in total. The quantitative estimate of drug-likeness (QED) is 0.767. The minimum atomic E-state index is -2.37. The van der Waals surface area contributed by atoms with E-state index in [1.165, 1.54) is 0 Å². The predicted molar refractivity (Wildman–Crippen MR) is 61.6 cm³/mol. The Morgan fingerprint density at radius 3 is 2.53 bits per heavy atom. The molecule has 1 rings (SSSR count). The first-order valence-electron chi connectivity index (χ1n) is 4.87. The zero-order chi connectivity index (χ0) is 11.3. The molecular formula is C11H15F2NS. The van der Waals surface area contributed by atoms with Crippen molar-refractivity contribution in [2.45, 2.75) is 24.5 Å². The van der Waals surface area contributed by atoms with Crippen LogP contribution in [-0.4, -0.2) is 12.3 Å². The summed E-state index contributed by atoms with van der Waals surface area (Å²) >= 11 is 0.581. The first kappa shape index (κ1) is 12.3. The van der Waals surface area contributed by atoms with E-state index >= 15 is 0 Å². The van der Waals surface area contributed by atoms with Gasteiger partial charge in [-0.25, -0.2) is 0 Å². The van der Waals surface area contributed by atoms with Gasteiger partial charge in [0.2, 0.25) is 0 Å². The maximum Gasteiger partial charge on any atom is 0.288 e. The van der Waals surface area contributed by atoms with Gasteiger partial charge in [0.25, 0.3) is 5.76 Å². The molecule has 4 heteroatoms. The second-order valence-electron chi connectivity index (χ2n) is 3.65. The summed E-state index contributed by atoms with van der Waals surface area (Å²) in [6.45, 7) is 4.95. The zero-order valence-electron chi connectivity index (χ0n) is 8.84. The fourth-order valence-corrected chi connectivity index (χ4v) is 1.74. The van der Waals surface area contributed by atoms with Crippen LogP contribution >= 0.6 is 11.8 Å². The van der Waals surface area contributed by atoms with E-state index in [-0.39, 0.29) is 0 Å². The van der Waals surface area contributed by atoms with Gasteiger partial charge < -0.3 is 5.32 Å². The lowest BCUT2D eigenvalue weighted by molar-refractivity contribution is 0.252. The first-order chi connectivity index (χ1) is 7.09. The number of alkyl halides is 2. The Bertz CT molecular complexity index is 302. The molecule has 0 unspecified atom stereocenters. The lowest BCUT2D eigenvalue weighted by Gasteiger charge is -2.12. The van der Waals surface area contributed by atoms with Crippen LogP contribution in [0.3, 0.4) is 0 Å². The molecule has 0 aliphatic heterocycles. The van der Waals surface area contributed by atoms with E-state index in [4.69, 9.17) is 0 Å². The van der Waals surface area contributed by atoms with Crippen LogP contribution in [0, 0.1) is 5.92 Å². The standard InChI is InChI=1S/C11H15F2NS/c1-8(2)7-14-9-5-3-4-6-10(9)15-11(12)13/h3-6,8,11,14H,7H2,1-2H3. The van der Waals surface area contributed by atoms with Crippen molar-refractivity contribution in [3.63, 3.8) is 0 Å². The van der Waals surface area contributed by atoms with Crippen molar-refractivity contribution in [1.29, 1.82) is 0 Å². The minimum Gasteiger partial charge on any atom is -0.384 e. The molecule has 0 aliphatic carbocycles. The molecule has 0 spiro atoms. The van der Waals surface area contributed by atoms with E-state index in [1.807, 2.05) is 12.1 Å². The van der Waals surface area contributed by atoms with E-state index in [0.717, 1.165) is 12.2 Å². The molecule has 0 atom stereocenters. The third-order valence-corrected chi connectivity index (χ3v) is 2.59. The molecular weight excluding hydrogens is 216 g/mol. The fraction of sp³-hybridized carbons (Fsp3) is 0.455. The summed E-state index contributed by atoms with van der Waals surface area (Å²) in [7, 11) is 0. The molecule has 0 aliphatic rings. The van der Waals surface area contributed by atoms with Crippen molar-refractivity contribution >= 4 is 17.4 Å². The molecule has 15 heavy (non-hydrogen) atoms. The van der Waals surface area contributed by atoms with E-state index in [9.17, 15) is 8.78 Å². The Morgan fingerprint density at radius 1 is 1.27 bits per heavy atom. The molecule has 0 amide bonds. The number of hydrogen-bond acceptors (Lipinski definition) is 2. The summed E-state index contributed by atoms with van der Waals surface area (Å²) in [6.07, 6.45) is 0. The van der Waals surface area contributed by atoms with Crippen LogP contribution in [-0.2, 0) is 0 Å². The number of rotatable bonds is 5. The SMILES string of the molecule is CC(C)CNc1ccccc1SC(F)F. The number of benzene rings is 1. The third-order valence-electron chi connectivity index (χ3n) is 1.80. The summed E-state index contributed by atoms with van der Waals surface area (Å²) in [4.78, 5) is 0.605. The van der Waals surface area contributed by atoms with Gasteiger partial charge in [0, 0.05) is 17.1 Å². The molecule has 0 heterocycles. The van der Waals surface area contributed by atoms with Gasteiger partial charge in [-0.1, -0.05) is 37.7 Å². The van der Waals surface area contributed by atoms with Gasteiger partial charge in [-0.2, -0.15) is 8.78 Å². The molecule has 0 radical (unpaired) electrons.